The molecule has 1 aliphatic rings. The number of fused-ring (bicyclic) bond motifs is 6. The molecule has 0 saturated carbocycles. The van der Waals surface area contributed by atoms with Crippen LogP contribution >= 0.6 is 22.9 Å². The Morgan fingerprint density at radius 1 is 0.686 bits per heavy atom. The Hall–Kier alpha value is -3.53. The number of benzene rings is 4. The summed E-state index contributed by atoms with van der Waals surface area (Å²) in [7, 11) is 0. The molecule has 2 heterocycles. The summed E-state index contributed by atoms with van der Waals surface area (Å²) in [5, 5.41) is 3.14. The van der Waals surface area contributed by atoms with E-state index in [1.807, 2.05) is 41.7 Å². The van der Waals surface area contributed by atoms with Crippen LogP contribution in [0.15, 0.2) is 91.0 Å². The summed E-state index contributed by atoms with van der Waals surface area (Å²) >= 11 is 8.64. The highest BCUT2D eigenvalue weighted by Crippen LogP contribution is 2.51. The molecular formula is C31H21ClN2S. The van der Waals surface area contributed by atoms with Crippen molar-refractivity contribution in [1.29, 1.82) is 0 Å². The number of rotatable bonds is 2. The number of thiophene rings is 1. The molecule has 6 aromatic rings. The number of halogens is 1. The van der Waals surface area contributed by atoms with E-state index >= 15 is 0 Å². The van der Waals surface area contributed by atoms with Crippen molar-refractivity contribution in [2.45, 2.75) is 19.3 Å². The third kappa shape index (κ3) is 3.09. The van der Waals surface area contributed by atoms with Crippen molar-refractivity contribution < 1.29 is 0 Å². The lowest BCUT2D eigenvalue weighted by atomic mass is 9.84. The lowest BCUT2D eigenvalue weighted by Gasteiger charge is -2.21. The van der Waals surface area contributed by atoms with Gasteiger partial charge in [-0.3, -0.25) is 0 Å². The summed E-state index contributed by atoms with van der Waals surface area (Å²) in [6.45, 7) is 4.46. The molecule has 0 fully saturated rings. The molecule has 0 radical (unpaired) electrons. The first-order valence-corrected chi connectivity index (χ1v) is 12.9. The van der Waals surface area contributed by atoms with Crippen molar-refractivity contribution in [3.63, 3.8) is 0 Å². The van der Waals surface area contributed by atoms with Crippen molar-refractivity contribution in [3.8, 4) is 33.6 Å². The predicted molar refractivity (Wildman–Crippen MR) is 148 cm³/mol. The monoisotopic (exact) mass is 488 g/mol. The minimum atomic E-state index is -0.282. The molecule has 0 amide bonds. The van der Waals surface area contributed by atoms with Crippen LogP contribution in [0.3, 0.4) is 0 Å². The predicted octanol–water partition coefficient (Wildman–Crippen LogP) is 9.14. The maximum atomic E-state index is 6.79. The van der Waals surface area contributed by atoms with Crippen molar-refractivity contribution in [1.82, 2.24) is 9.97 Å². The summed E-state index contributed by atoms with van der Waals surface area (Å²) in [5.41, 5.74) is 7.42. The largest absolute Gasteiger partial charge is 0.231 e. The zero-order valence-electron chi connectivity index (χ0n) is 19.3. The van der Waals surface area contributed by atoms with E-state index in [4.69, 9.17) is 16.6 Å². The molecular weight excluding hydrogens is 468 g/mol. The van der Waals surface area contributed by atoms with Crippen LogP contribution in [0.1, 0.15) is 25.1 Å². The Morgan fingerprint density at radius 3 is 2.26 bits per heavy atom. The van der Waals surface area contributed by atoms with Gasteiger partial charge in [-0.2, -0.15) is 0 Å². The molecule has 4 aromatic carbocycles. The van der Waals surface area contributed by atoms with Crippen LogP contribution in [0.2, 0.25) is 5.15 Å². The highest BCUT2D eigenvalue weighted by Gasteiger charge is 2.39. The molecule has 0 bridgehead atoms. The van der Waals surface area contributed by atoms with E-state index in [0.717, 1.165) is 22.4 Å². The molecule has 0 aliphatic heterocycles. The Morgan fingerprint density at radius 2 is 1.40 bits per heavy atom. The van der Waals surface area contributed by atoms with Crippen LogP contribution in [0, 0.1) is 0 Å². The Balaban J connectivity index is 1.38. The molecule has 0 unspecified atom stereocenters. The minimum absolute atomic E-state index is 0.282. The maximum Gasteiger partial charge on any atom is 0.161 e. The van der Waals surface area contributed by atoms with Crippen LogP contribution in [0.5, 0.6) is 0 Å². The van der Waals surface area contributed by atoms with Crippen molar-refractivity contribution in [2.75, 3.05) is 0 Å². The Labute approximate surface area is 212 Å². The average Bonchev–Trinajstić information content (AvgIpc) is 3.36. The van der Waals surface area contributed by atoms with Crippen LogP contribution in [-0.2, 0) is 5.41 Å². The van der Waals surface area contributed by atoms with Gasteiger partial charge in [-0.05, 0) is 46.5 Å². The molecule has 35 heavy (non-hydrogen) atoms. The van der Waals surface area contributed by atoms with E-state index in [-0.39, 0.29) is 5.41 Å². The van der Waals surface area contributed by atoms with E-state index in [0.29, 0.717) is 11.0 Å². The summed E-state index contributed by atoms with van der Waals surface area (Å²) in [6, 6.07) is 32.2. The third-order valence-corrected chi connectivity index (χ3v) is 8.59. The molecule has 0 atom stereocenters. The second-order valence-corrected chi connectivity index (χ2v) is 11.1. The number of hydrogen-bond acceptors (Lipinski definition) is 3. The fourth-order valence-corrected chi connectivity index (χ4v) is 6.69. The first-order chi connectivity index (χ1) is 17.0. The van der Waals surface area contributed by atoms with Crippen LogP contribution in [-0.4, -0.2) is 9.97 Å². The van der Waals surface area contributed by atoms with E-state index in [2.05, 4.69) is 79.5 Å². The Kier molecular flexibility index (Phi) is 4.45. The quantitative estimate of drug-likeness (QED) is 0.227. The van der Waals surface area contributed by atoms with Gasteiger partial charge in [0.25, 0.3) is 0 Å². The topological polar surface area (TPSA) is 25.8 Å². The van der Waals surface area contributed by atoms with E-state index in [1.54, 1.807) is 0 Å². The Bertz CT molecular complexity index is 1780. The van der Waals surface area contributed by atoms with Gasteiger partial charge in [-0.1, -0.05) is 92.2 Å². The van der Waals surface area contributed by atoms with E-state index in [9.17, 15) is 0 Å². The molecule has 2 aromatic heterocycles. The van der Waals surface area contributed by atoms with Gasteiger partial charge in [-0.15, -0.1) is 11.3 Å². The lowest BCUT2D eigenvalue weighted by Crippen LogP contribution is -2.17. The molecule has 4 heteroatoms. The fourth-order valence-electron chi connectivity index (χ4n) is 5.33. The molecule has 0 spiro atoms. The highest BCUT2D eigenvalue weighted by molar-refractivity contribution is 7.25. The summed E-state index contributed by atoms with van der Waals surface area (Å²) in [5.74, 6) is 0.672. The number of nitrogens with zero attached hydrogens (tertiary/aromatic N) is 2. The summed E-state index contributed by atoms with van der Waals surface area (Å²) in [6.07, 6.45) is 0. The smallest absolute Gasteiger partial charge is 0.161 e. The number of aromatic nitrogens is 2. The third-order valence-electron chi connectivity index (χ3n) is 7.16. The number of hydrogen-bond donors (Lipinski definition) is 0. The van der Waals surface area contributed by atoms with E-state index < -0.39 is 0 Å². The van der Waals surface area contributed by atoms with Crippen molar-refractivity contribution >= 4 is 43.1 Å². The zero-order valence-corrected chi connectivity index (χ0v) is 20.9. The van der Waals surface area contributed by atoms with Crippen LogP contribution in [0.4, 0.5) is 0 Å². The molecule has 1 aliphatic carbocycles. The maximum absolute atomic E-state index is 6.79. The standard InChI is InChI=1S/C31H21ClN2S/c1-31(2)24-17-20(19-13-15-26-23(16-19)21-10-6-7-11-25(21)35-26)12-14-22(24)27-28(31)33-30(34-29(27)32)18-8-4-3-5-9-18/h3-17H,1-2H3. The fraction of sp³-hybridized carbons (Fsp3) is 0.0968. The normalized spacial score (nSPS) is 13.8. The van der Waals surface area contributed by atoms with Crippen molar-refractivity contribution in [2.24, 2.45) is 0 Å². The molecule has 168 valence electrons. The van der Waals surface area contributed by atoms with Gasteiger partial charge in [0.2, 0.25) is 0 Å². The first kappa shape index (κ1) is 20.8. The SMILES string of the molecule is CC1(C)c2cc(-c3ccc4sc5ccccc5c4c3)ccc2-c2c(Cl)nc(-c3ccccc3)nc21. The second-order valence-electron chi connectivity index (χ2n) is 9.62. The lowest BCUT2D eigenvalue weighted by molar-refractivity contribution is 0.636. The van der Waals surface area contributed by atoms with Gasteiger partial charge in [0.1, 0.15) is 5.15 Å². The zero-order chi connectivity index (χ0) is 23.7. The molecule has 2 nitrogen and oxygen atoms in total. The minimum Gasteiger partial charge on any atom is -0.231 e. The van der Waals surface area contributed by atoms with Gasteiger partial charge < -0.3 is 0 Å². The van der Waals surface area contributed by atoms with Gasteiger partial charge in [-0.25, -0.2) is 9.97 Å². The molecule has 0 saturated heterocycles. The average molecular weight is 489 g/mol. The molecule has 7 rings (SSSR count). The second kappa shape index (κ2) is 7.48. The van der Waals surface area contributed by atoms with Gasteiger partial charge >= 0.3 is 0 Å². The summed E-state index contributed by atoms with van der Waals surface area (Å²) in [4.78, 5) is 9.70. The van der Waals surface area contributed by atoms with E-state index in [1.165, 1.54) is 36.9 Å². The van der Waals surface area contributed by atoms with Crippen molar-refractivity contribution in [3.05, 3.63) is 107 Å². The van der Waals surface area contributed by atoms with Gasteiger partial charge in [0.05, 0.1) is 5.69 Å². The first-order valence-electron chi connectivity index (χ1n) is 11.7. The highest BCUT2D eigenvalue weighted by atomic mass is 35.5. The van der Waals surface area contributed by atoms with Crippen LogP contribution < -0.4 is 0 Å². The van der Waals surface area contributed by atoms with Crippen LogP contribution in [0.25, 0.3) is 53.8 Å². The van der Waals surface area contributed by atoms with Gasteiger partial charge in [0.15, 0.2) is 5.82 Å². The molecule has 0 N–H and O–H groups in total. The summed E-state index contributed by atoms with van der Waals surface area (Å²) < 4.78 is 2.65. The van der Waals surface area contributed by atoms with Gasteiger partial charge in [0, 0.05) is 36.7 Å².